The number of nitrogens with one attached hydrogen (secondary N) is 2. The van der Waals surface area contributed by atoms with E-state index in [2.05, 4.69) is 10.6 Å². The number of likely N-dealkylation sites (N-methyl/N-ethyl adjacent to an activating group) is 1. The van der Waals surface area contributed by atoms with E-state index in [1.807, 2.05) is 32.0 Å². The number of anilines is 2. The summed E-state index contributed by atoms with van der Waals surface area (Å²) in [6, 6.07) is 12.2. The molecule has 1 unspecified atom stereocenters. The molecule has 2 N–H and O–H groups in total. The summed E-state index contributed by atoms with van der Waals surface area (Å²) >= 11 is 0. The second kappa shape index (κ2) is 10.5. The maximum atomic E-state index is 12.7. The zero-order valence-corrected chi connectivity index (χ0v) is 17.6. The normalized spacial score (nSPS) is 11.7. The molecule has 7 heteroatoms. The van der Waals surface area contributed by atoms with E-state index in [0.717, 1.165) is 11.3 Å². The Morgan fingerprint density at radius 1 is 1.03 bits per heavy atom. The molecule has 29 heavy (non-hydrogen) atoms. The molecule has 2 aromatic carbocycles. The van der Waals surface area contributed by atoms with Gasteiger partial charge in [-0.2, -0.15) is 0 Å². The second-order valence-corrected chi connectivity index (χ2v) is 6.71. The van der Waals surface area contributed by atoms with Gasteiger partial charge in [0.2, 0.25) is 11.8 Å². The smallest absolute Gasteiger partial charge is 0.241 e. The Kier molecular flexibility index (Phi) is 8.03. The summed E-state index contributed by atoms with van der Waals surface area (Å²) in [5, 5.41) is 5.74. The van der Waals surface area contributed by atoms with Crippen LogP contribution in [0.15, 0.2) is 42.5 Å². The first-order valence-corrected chi connectivity index (χ1v) is 9.51. The van der Waals surface area contributed by atoms with Gasteiger partial charge in [0.05, 0.1) is 32.5 Å². The lowest BCUT2D eigenvalue weighted by atomic mass is 10.2. The molecule has 0 saturated carbocycles. The first-order chi connectivity index (χ1) is 13.9. The maximum absolute atomic E-state index is 12.7. The van der Waals surface area contributed by atoms with Crippen molar-refractivity contribution >= 4 is 23.2 Å². The van der Waals surface area contributed by atoms with Crippen molar-refractivity contribution in [2.24, 2.45) is 0 Å². The topological polar surface area (TPSA) is 79.9 Å². The van der Waals surface area contributed by atoms with Gasteiger partial charge in [-0.05, 0) is 62.4 Å². The van der Waals surface area contributed by atoms with Crippen LogP contribution in [0.3, 0.4) is 0 Å². The lowest BCUT2D eigenvalue weighted by Crippen LogP contribution is -2.45. The summed E-state index contributed by atoms with van der Waals surface area (Å²) in [6.07, 6.45) is 0. The molecule has 0 fully saturated rings. The number of ether oxygens (including phenoxy) is 2. The van der Waals surface area contributed by atoms with E-state index >= 15 is 0 Å². The number of carbonyl (C=O) groups is 2. The fourth-order valence-corrected chi connectivity index (χ4v) is 2.90. The first kappa shape index (κ1) is 22.2. The third kappa shape index (κ3) is 6.22. The van der Waals surface area contributed by atoms with Gasteiger partial charge in [-0.25, -0.2) is 0 Å². The van der Waals surface area contributed by atoms with E-state index < -0.39 is 6.04 Å². The lowest BCUT2D eigenvalue weighted by molar-refractivity contribution is -0.123. The number of hydrogen-bond donors (Lipinski definition) is 2. The predicted molar refractivity (Wildman–Crippen MR) is 115 cm³/mol. The highest BCUT2D eigenvalue weighted by Gasteiger charge is 2.23. The molecule has 0 aliphatic heterocycles. The van der Waals surface area contributed by atoms with Crippen LogP contribution >= 0.6 is 0 Å². The molecular formula is C22H29N3O4. The Hall–Kier alpha value is -3.06. The summed E-state index contributed by atoms with van der Waals surface area (Å²) in [6.45, 7) is 6.29. The van der Waals surface area contributed by atoms with Gasteiger partial charge >= 0.3 is 0 Å². The number of amides is 2. The highest BCUT2D eigenvalue weighted by atomic mass is 16.5. The third-order valence-electron chi connectivity index (χ3n) is 4.67. The van der Waals surface area contributed by atoms with Crippen LogP contribution < -0.4 is 20.1 Å². The zero-order chi connectivity index (χ0) is 21.4. The van der Waals surface area contributed by atoms with Crippen LogP contribution in [0.1, 0.15) is 19.4 Å². The summed E-state index contributed by atoms with van der Waals surface area (Å²) in [5.41, 5.74) is 2.30. The minimum absolute atomic E-state index is 0.0993. The van der Waals surface area contributed by atoms with Crippen molar-refractivity contribution in [3.05, 3.63) is 48.0 Å². The molecule has 2 amide bonds. The molecule has 1 atom stereocenters. The van der Waals surface area contributed by atoms with E-state index in [1.165, 1.54) is 0 Å². The SMILES string of the molecule is CCN(CC(=O)Nc1ccc(OC)cc1)C(C)C(=O)Nc1cc(C)ccc1OC. The maximum Gasteiger partial charge on any atom is 0.241 e. The van der Waals surface area contributed by atoms with Crippen molar-refractivity contribution in [3.8, 4) is 11.5 Å². The molecule has 0 aliphatic carbocycles. The quantitative estimate of drug-likeness (QED) is 0.676. The van der Waals surface area contributed by atoms with Crippen molar-refractivity contribution in [3.63, 3.8) is 0 Å². The molecule has 2 aromatic rings. The molecule has 0 spiro atoms. The van der Waals surface area contributed by atoms with Crippen molar-refractivity contribution in [2.75, 3.05) is 37.9 Å². The molecule has 0 aromatic heterocycles. The molecule has 0 bridgehead atoms. The van der Waals surface area contributed by atoms with Gasteiger partial charge in [-0.15, -0.1) is 0 Å². The van der Waals surface area contributed by atoms with Crippen LogP contribution in [0.4, 0.5) is 11.4 Å². The molecule has 0 radical (unpaired) electrons. The van der Waals surface area contributed by atoms with Crippen LogP contribution in [-0.4, -0.2) is 50.1 Å². The van der Waals surface area contributed by atoms with Gasteiger partial charge in [0, 0.05) is 5.69 Å². The highest BCUT2D eigenvalue weighted by molar-refractivity contribution is 5.97. The Bertz CT molecular complexity index is 836. The largest absolute Gasteiger partial charge is 0.497 e. The Labute approximate surface area is 172 Å². The van der Waals surface area contributed by atoms with Crippen molar-refractivity contribution < 1.29 is 19.1 Å². The summed E-state index contributed by atoms with van der Waals surface area (Å²) in [5.74, 6) is 0.921. The highest BCUT2D eigenvalue weighted by Crippen LogP contribution is 2.25. The Balaban J connectivity index is 1.99. The van der Waals surface area contributed by atoms with Gasteiger partial charge in [0.25, 0.3) is 0 Å². The van der Waals surface area contributed by atoms with Crippen LogP contribution in [-0.2, 0) is 9.59 Å². The number of rotatable bonds is 9. The average Bonchev–Trinajstić information content (AvgIpc) is 2.72. The van der Waals surface area contributed by atoms with E-state index in [9.17, 15) is 9.59 Å². The van der Waals surface area contributed by atoms with Crippen molar-refractivity contribution in [1.82, 2.24) is 4.90 Å². The molecule has 2 rings (SSSR count). The van der Waals surface area contributed by atoms with Crippen LogP contribution in [0, 0.1) is 6.92 Å². The molecule has 0 saturated heterocycles. The van der Waals surface area contributed by atoms with E-state index in [0.29, 0.717) is 23.7 Å². The average molecular weight is 399 g/mol. The van der Waals surface area contributed by atoms with Gasteiger partial charge < -0.3 is 20.1 Å². The molecule has 0 heterocycles. The first-order valence-electron chi connectivity index (χ1n) is 9.51. The monoisotopic (exact) mass is 399 g/mol. The number of hydrogen-bond acceptors (Lipinski definition) is 5. The third-order valence-corrected chi connectivity index (χ3v) is 4.67. The standard InChI is InChI=1S/C22H29N3O4/c1-6-25(14-21(26)23-17-8-10-18(28-4)11-9-17)16(3)22(27)24-19-13-15(2)7-12-20(19)29-5/h7-13,16H,6,14H2,1-5H3,(H,23,26)(H,24,27). The Morgan fingerprint density at radius 3 is 2.31 bits per heavy atom. The predicted octanol–water partition coefficient (Wildman–Crippen LogP) is 3.30. The minimum Gasteiger partial charge on any atom is -0.497 e. The van der Waals surface area contributed by atoms with Crippen molar-refractivity contribution in [2.45, 2.75) is 26.8 Å². The number of carbonyl (C=O) groups excluding carboxylic acids is 2. The second-order valence-electron chi connectivity index (χ2n) is 6.71. The van der Waals surface area contributed by atoms with E-state index in [4.69, 9.17) is 9.47 Å². The number of aryl methyl sites for hydroxylation is 1. The van der Waals surface area contributed by atoms with E-state index in [1.54, 1.807) is 50.3 Å². The number of nitrogens with zero attached hydrogens (tertiary/aromatic N) is 1. The fourth-order valence-electron chi connectivity index (χ4n) is 2.90. The van der Waals surface area contributed by atoms with Crippen LogP contribution in [0.2, 0.25) is 0 Å². The summed E-state index contributed by atoms with van der Waals surface area (Å²) in [4.78, 5) is 27.0. The van der Waals surface area contributed by atoms with Crippen LogP contribution in [0.25, 0.3) is 0 Å². The Morgan fingerprint density at radius 2 is 1.72 bits per heavy atom. The molecule has 0 aliphatic rings. The van der Waals surface area contributed by atoms with Crippen LogP contribution in [0.5, 0.6) is 11.5 Å². The lowest BCUT2D eigenvalue weighted by Gasteiger charge is -2.26. The fraction of sp³-hybridized carbons (Fsp3) is 0.364. The zero-order valence-electron chi connectivity index (χ0n) is 17.6. The van der Waals surface area contributed by atoms with Gasteiger partial charge in [0.15, 0.2) is 0 Å². The van der Waals surface area contributed by atoms with Gasteiger partial charge in [-0.3, -0.25) is 14.5 Å². The summed E-state index contributed by atoms with van der Waals surface area (Å²) < 4.78 is 10.4. The molecular weight excluding hydrogens is 370 g/mol. The minimum atomic E-state index is -0.494. The van der Waals surface area contributed by atoms with E-state index in [-0.39, 0.29) is 18.4 Å². The molecule has 156 valence electrons. The van der Waals surface area contributed by atoms with Gasteiger partial charge in [-0.1, -0.05) is 13.0 Å². The summed E-state index contributed by atoms with van der Waals surface area (Å²) in [7, 11) is 3.15. The molecule has 7 nitrogen and oxygen atoms in total. The number of benzene rings is 2. The number of methoxy groups -OCH3 is 2. The van der Waals surface area contributed by atoms with Gasteiger partial charge in [0.1, 0.15) is 11.5 Å². The van der Waals surface area contributed by atoms with Crippen molar-refractivity contribution in [1.29, 1.82) is 0 Å².